The predicted molar refractivity (Wildman–Crippen MR) is 172 cm³/mol. The number of nitrogens with zero attached hydrogens (tertiary/aromatic N) is 1. The van der Waals surface area contributed by atoms with Gasteiger partial charge in [-0.2, -0.15) is 5.10 Å². The van der Waals surface area contributed by atoms with E-state index in [1.54, 1.807) is 6.21 Å². The predicted octanol–water partition coefficient (Wildman–Crippen LogP) is 8.56. The molecule has 4 rings (SSSR count). The van der Waals surface area contributed by atoms with Crippen LogP contribution in [0, 0.1) is 0 Å². The molecule has 0 saturated heterocycles. The molecule has 0 aliphatic carbocycles. The molecule has 0 fully saturated rings. The van der Waals surface area contributed by atoms with Gasteiger partial charge in [0.2, 0.25) is 5.91 Å². The van der Waals surface area contributed by atoms with E-state index >= 15 is 0 Å². The van der Waals surface area contributed by atoms with Gasteiger partial charge in [0.1, 0.15) is 18.1 Å². The van der Waals surface area contributed by atoms with Gasteiger partial charge in [-0.1, -0.05) is 96.1 Å². The second-order valence-electron chi connectivity index (χ2n) is 12.4. The summed E-state index contributed by atoms with van der Waals surface area (Å²) in [7, 11) is 0. The van der Waals surface area contributed by atoms with Gasteiger partial charge in [0.15, 0.2) is 0 Å². The van der Waals surface area contributed by atoms with E-state index < -0.39 is 0 Å². The Labute approximate surface area is 251 Å². The smallest absolute Gasteiger partial charge is 0.240 e. The lowest BCUT2D eigenvalue weighted by atomic mass is 9.78. The first kappa shape index (κ1) is 30.3. The summed E-state index contributed by atoms with van der Waals surface area (Å²) in [6, 6.07) is 24.2. The van der Waals surface area contributed by atoms with Gasteiger partial charge in [-0.15, -0.1) is 0 Å². The Kier molecular flexibility index (Phi) is 9.23. The number of hydrogen-bond donors (Lipinski definition) is 2. The van der Waals surface area contributed by atoms with Gasteiger partial charge in [-0.25, -0.2) is 5.43 Å². The minimum atomic E-state index is -0.211. The van der Waals surface area contributed by atoms with E-state index in [9.17, 15) is 9.90 Å². The Balaban J connectivity index is 1.35. The first-order chi connectivity index (χ1) is 19.3. The number of rotatable bonds is 8. The molecule has 0 aliphatic rings. The monoisotopic (exact) mass is 614 g/mol. The summed E-state index contributed by atoms with van der Waals surface area (Å²) in [5, 5.41) is 17.5. The lowest BCUT2D eigenvalue weighted by molar-refractivity contribution is -0.121. The van der Waals surface area contributed by atoms with E-state index in [-0.39, 0.29) is 16.7 Å². The summed E-state index contributed by atoms with van der Waals surface area (Å²) in [5.74, 6) is 0.911. The van der Waals surface area contributed by atoms with Crippen LogP contribution in [0.2, 0.25) is 0 Å². The third-order valence-electron chi connectivity index (χ3n) is 7.05. The molecule has 0 unspecified atom stereocenters. The number of hydrogen-bond acceptors (Lipinski definition) is 4. The standard InChI is InChI=1S/C35H39BrN2O3/c1-34(2,3)28-18-23(19-29(33(28)40)35(4,5)6)15-17-32(39)38-37-21-24-14-16-31(30(36)20-24)41-22-26-12-9-11-25-10-7-8-13-27(25)26/h7-14,16,18-21,40H,15,17,22H2,1-6H3,(H,38,39)/b37-21-. The molecule has 0 radical (unpaired) electrons. The van der Waals surface area contributed by atoms with Crippen LogP contribution in [0.1, 0.15) is 75.8 Å². The number of carbonyl (C=O) groups is 1. The van der Waals surface area contributed by atoms with Crippen LogP contribution >= 0.6 is 15.9 Å². The van der Waals surface area contributed by atoms with Crippen molar-refractivity contribution in [3.05, 3.63) is 105 Å². The fourth-order valence-corrected chi connectivity index (χ4v) is 5.27. The summed E-state index contributed by atoms with van der Waals surface area (Å²) < 4.78 is 6.90. The molecule has 4 aromatic rings. The number of carbonyl (C=O) groups excluding carboxylic acids is 1. The van der Waals surface area contributed by atoms with Crippen molar-refractivity contribution in [1.29, 1.82) is 0 Å². The van der Waals surface area contributed by atoms with Crippen molar-refractivity contribution in [2.24, 2.45) is 5.10 Å². The van der Waals surface area contributed by atoms with Gasteiger partial charge in [0, 0.05) is 6.42 Å². The number of benzene rings is 4. The Bertz CT molecular complexity index is 1540. The van der Waals surface area contributed by atoms with E-state index in [0.29, 0.717) is 25.2 Å². The van der Waals surface area contributed by atoms with Crippen molar-refractivity contribution in [3.8, 4) is 11.5 Å². The highest BCUT2D eigenvalue weighted by Crippen LogP contribution is 2.40. The van der Waals surface area contributed by atoms with Gasteiger partial charge >= 0.3 is 0 Å². The van der Waals surface area contributed by atoms with Gasteiger partial charge < -0.3 is 9.84 Å². The maximum absolute atomic E-state index is 12.6. The molecule has 0 atom stereocenters. The summed E-state index contributed by atoms with van der Waals surface area (Å²) >= 11 is 3.59. The highest BCUT2D eigenvalue weighted by Gasteiger charge is 2.26. The first-order valence-electron chi connectivity index (χ1n) is 13.9. The average molecular weight is 616 g/mol. The second kappa shape index (κ2) is 12.5. The molecule has 41 heavy (non-hydrogen) atoms. The van der Waals surface area contributed by atoms with Crippen molar-refractivity contribution in [3.63, 3.8) is 0 Å². The van der Waals surface area contributed by atoms with Gasteiger partial charge in [-0.3, -0.25) is 4.79 Å². The zero-order valence-electron chi connectivity index (χ0n) is 24.7. The van der Waals surface area contributed by atoms with Gasteiger partial charge in [0.05, 0.1) is 10.7 Å². The molecular formula is C35H39BrN2O3. The lowest BCUT2D eigenvalue weighted by Gasteiger charge is -2.28. The van der Waals surface area contributed by atoms with Gasteiger partial charge in [0.25, 0.3) is 0 Å². The number of amides is 1. The van der Waals surface area contributed by atoms with E-state index in [4.69, 9.17) is 4.74 Å². The Morgan fingerprint density at radius 2 is 1.59 bits per heavy atom. The maximum atomic E-state index is 12.6. The number of ether oxygens (including phenoxy) is 1. The Morgan fingerprint density at radius 1 is 0.927 bits per heavy atom. The van der Waals surface area contributed by atoms with E-state index in [1.165, 1.54) is 10.8 Å². The zero-order chi connectivity index (χ0) is 29.8. The number of phenolic OH excluding ortho intramolecular Hbond substituents is 1. The summed E-state index contributed by atoms with van der Waals surface area (Å²) in [6.45, 7) is 13.0. The van der Waals surface area contributed by atoms with Crippen LogP contribution in [-0.2, 0) is 28.7 Å². The van der Waals surface area contributed by atoms with Crippen LogP contribution in [0.3, 0.4) is 0 Å². The topological polar surface area (TPSA) is 70.9 Å². The SMILES string of the molecule is CC(C)(C)c1cc(CCC(=O)N/N=C\c2ccc(OCc3cccc4ccccc34)c(Br)c2)cc(C(C)(C)C)c1O. The van der Waals surface area contributed by atoms with Crippen molar-refractivity contribution in [2.45, 2.75) is 71.8 Å². The third kappa shape index (κ3) is 7.76. The van der Waals surface area contributed by atoms with E-state index in [0.717, 1.165) is 38.0 Å². The highest BCUT2D eigenvalue weighted by molar-refractivity contribution is 9.10. The maximum Gasteiger partial charge on any atom is 0.240 e. The highest BCUT2D eigenvalue weighted by atomic mass is 79.9. The molecule has 4 aromatic carbocycles. The number of aryl methyl sites for hydroxylation is 1. The van der Waals surface area contributed by atoms with Gasteiger partial charge in [-0.05, 0) is 90.0 Å². The van der Waals surface area contributed by atoms with Crippen LogP contribution in [0.5, 0.6) is 11.5 Å². The number of hydrazone groups is 1. The fraction of sp³-hybridized carbons (Fsp3) is 0.314. The average Bonchev–Trinajstić information content (AvgIpc) is 2.90. The molecule has 0 aliphatic heterocycles. The third-order valence-corrected chi connectivity index (χ3v) is 7.67. The number of aromatic hydroxyl groups is 1. The van der Waals surface area contributed by atoms with Crippen molar-refractivity contribution in [1.82, 2.24) is 5.43 Å². The molecule has 2 N–H and O–H groups in total. The molecule has 0 aromatic heterocycles. The molecule has 0 saturated carbocycles. The number of halogens is 1. The van der Waals surface area contributed by atoms with E-state index in [2.05, 4.69) is 92.3 Å². The molecule has 5 nitrogen and oxygen atoms in total. The van der Waals surface area contributed by atoms with Crippen molar-refractivity contribution in [2.75, 3.05) is 0 Å². The van der Waals surface area contributed by atoms with Crippen LogP contribution in [-0.4, -0.2) is 17.2 Å². The number of fused-ring (bicyclic) bond motifs is 1. The molecule has 0 spiro atoms. The van der Waals surface area contributed by atoms with Crippen LogP contribution in [0.4, 0.5) is 0 Å². The molecule has 6 heteroatoms. The first-order valence-corrected chi connectivity index (χ1v) is 14.7. The summed E-state index contributed by atoms with van der Waals surface area (Å²) in [6.07, 6.45) is 2.47. The van der Waals surface area contributed by atoms with Crippen molar-refractivity contribution < 1.29 is 14.6 Å². The lowest BCUT2D eigenvalue weighted by Crippen LogP contribution is -2.20. The summed E-state index contributed by atoms with van der Waals surface area (Å²) in [4.78, 5) is 12.6. The Hall–Kier alpha value is -3.64. The van der Waals surface area contributed by atoms with Crippen LogP contribution in [0.25, 0.3) is 10.8 Å². The van der Waals surface area contributed by atoms with Crippen LogP contribution < -0.4 is 10.2 Å². The normalized spacial score (nSPS) is 12.2. The summed E-state index contributed by atoms with van der Waals surface area (Å²) in [5.41, 5.74) is 6.99. The fourth-order valence-electron chi connectivity index (χ4n) is 4.76. The number of phenols is 1. The minimum absolute atomic E-state index is 0.168. The van der Waals surface area contributed by atoms with Crippen LogP contribution in [0.15, 0.2) is 82.4 Å². The minimum Gasteiger partial charge on any atom is -0.507 e. The molecule has 0 heterocycles. The number of nitrogens with one attached hydrogen (secondary N) is 1. The van der Waals surface area contributed by atoms with E-state index in [1.807, 2.05) is 48.5 Å². The molecular weight excluding hydrogens is 576 g/mol. The molecule has 0 bridgehead atoms. The van der Waals surface area contributed by atoms with Crippen molar-refractivity contribution >= 4 is 38.8 Å². The quantitative estimate of drug-likeness (QED) is 0.154. The Morgan fingerprint density at radius 3 is 2.24 bits per heavy atom. The second-order valence-corrected chi connectivity index (χ2v) is 13.3. The molecule has 214 valence electrons. The molecule has 1 amide bonds. The largest absolute Gasteiger partial charge is 0.507 e. The zero-order valence-corrected chi connectivity index (χ0v) is 26.3.